The Hall–Kier alpha value is -1.32. The average Bonchev–Trinajstić information content (AvgIpc) is 2.08. The van der Waals surface area contributed by atoms with Crippen molar-refractivity contribution in [3.05, 3.63) is 12.2 Å². The maximum Gasteiger partial charge on any atom is 0.246 e. The zero-order chi connectivity index (χ0) is 9.84. The molecule has 1 atom stereocenters. The Balaban J connectivity index is 2.47. The predicted molar refractivity (Wildman–Crippen MR) is 49.0 cm³/mol. The third-order valence-electron chi connectivity index (χ3n) is 1.98. The molecule has 4 nitrogen and oxygen atoms in total. The van der Waals surface area contributed by atoms with E-state index in [2.05, 4.69) is 17.2 Å². The maximum absolute atomic E-state index is 11.2. The van der Waals surface area contributed by atoms with E-state index in [9.17, 15) is 9.59 Å². The SMILES string of the molecule is C=C(C)C(=O)NC1CCCNC1=O. The summed E-state index contributed by atoms with van der Waals surface area (Å²) in [5.41, 5.74) is 0.429. The molecule has 1 heterocycles. The molecule has 4 heteroatoms. The Kier molecular flexibility index (Phi) is 3.06. The number of nitrogens with one attached hydrogen (secondary N) is 2. The Labute approximate surface area is 77.4 Å². The van der Waals surface area contributed by atoms with Gasteiger partial charge in [-0.05, 0) is 19.8 Å². The lowest BCUT2D eigenvalue weighted by molar-refractivity contribution is -0.128. The second kappa shape index (κ2) is 4.07. The second-order valence-electron chi connectivity index (χ2n) is 3.24. The molecule has 0 spiro atoms. The summed E-state index contributed by atoms with van der Waals surface area (Å²) in [7, 11) is 0. The standard InChI is InChI=1S/C9H14N2O2/c1-6(2)8(12)11-7-4-3-5-10-9(7)13/h7H,1,3-5H2,2H3,(H,10,13)(H,11,12). The summed E-state index contributed by atoms with van der Waals surface area (Å²) in [4.78, 5) is 22.4. The zero-order valence-electron chi connectivity index (χ0n) is 7.72. The largest absolute Gasteiger partial charge is 0.354 e. The minimum absolute atomic E-state index is 0.0964. The van der Waals surface area contributed by atoms with E-state index in [-0.39, 0.29) is 17.9 Å². The summed E-state index contributed by atoms with van der Waals surface area (Å²) in [6.45, 7) is 5.83. The van der Waals surface area contributed by atoms with Crippen LogP contribution in [0.2, 0.25) is 0 Å². The molecule has 0 aromatic carbocycles. The molecule has 1 aliphatic rings. The fourth-order valence-corrected chi connectivity index (χ4v) is 1.19. The van der Waals surface area contributed by atoms with Gasteiger partial charge in [0.05, 0.1) is 0 Å². The van der Waals surface area contributed by atoms with Crippen molar-refractivity contribution in [3.63, 3.8) is 0 Å². The van der Waals surface area contributed by atoms with Crippen LogP contribution in [0.15, 0.2) is 12.2 Å². The molecule has 0 aromatic heterocycles. The van der Waals surface area contributed by atoms with Crippen molar-refractivity contribution in [2.75, 3.05) is 6.54 Å². The number of hydrogen-bond acceptors (Lipinski definition) is 2. The normalized spacial score (nSPS) is 21.9. The maximum atomic E-state index is 11.2. The van der Waals surface area contributed by atoms with Crippen molar-refractivity contribution in [1.82, 2.24) is 10.6 Å². The summed E-state index contributed by atoms with van der Waals surface area (Å²) in [5.74, 6) is -0.345. The topological polar surface area (TPSA) is 58.2 Å². The summed E-state index contributed by atoms with van der Waals surface area (Å²) in [5, 5.41) is 5.31. The quantitative estimate of drug-likeness (QED) is 0.589. The Bertz CT molecular complexity index is 248. The van der Waals surface area contributed by atoms with Crippen LogP contribution in [0.5, 0.6) is 0 Å². The van der Waals surface area contributed by atoms with Crippen LogP contribution in [0, 0.1) is 0 Å². The lowest BCUT2D eigenvalue weighted by atomic mass is 10.1. The highest BCUT2D eigenvalue weighted by molar-refractivity contribution is 5.96. The van der Waals surface area contributed by atoms with Gasteiger partial charge in [-0.3, -0.25) is 9.59 Å². The van der Waals surface area contributed by atoms with Gasteiger partial charge in [-0.15, -0.1) is 0 Å². The smallest absolute Gasteiger partial charge is 0.246 e. The van der Waals surface area contributed by atoms with E-state index >= 15 is 0 Å². The monoisotopic (exact) mass is 182 g/mol. The molecular formula is C9H14N2O2. The molecule has 1 saturated heterocycles. The van der Waals surface area contributed by atoms with Crippen molar-refractivity contribution in [2.24, 2.45) is 0 Å². The highest BCUT2D eigenvalue weighted by Crippen LogP contribution is 2.03. The Morgan fingerprint density at radius 1 is 1.69 bits per heavy atom. The van der Waals surface area contributed by atoms with Crippen LogP contribution in [0.25, 0.3) is 0 Å². The summed E-state index contributed by atoms with van der Waals surface area (Å²) in [6.07, 6.45) is 1.62. The third kappa shape index (κ3) is 2.57. The summed E-state index contributed by atoms with van der Waals surface area (Å²) in [6, 6.07) is -0.377. The minimum atomic E-state index is -0.377. The van der Waals surface area contributed by atoms with Crippen LogP contribution in [0.3, 0.4) is 0 Å². The van der Waals surface area contributed by atoms with Crippen molar-refractivity contribution < 1.29 is 9.59 Å². The van der Waals surface area contributed by atoms with Crippen LogP contribution in [-0.2, 0) is 9.59 Å². The molecule has 1 fully saturated rings. The number of amides is 2. The van der Waals surface area contributed by atoms with Crippen molar-refractivity contribution >= 4 is 11.8 Å². The van der Waals surface area contributed by atoms with Crippen LogP contribution in [0.1, 0.15) is 19.8 Å². The molecule has 0 bridgehead atoms. The first-order valence-corrected chi connectivity index (χ1v) is 4.35. The van der Waals surface area contributed by atoms with E-state index in [1.54, 1.807) is 6.92 Å². The number of piperidine rings is 1. The summed E-state index contributed by atoms with van der Waals surface area (Å²) < 4.78 is 0. The lowest BCUT2D eigenvalue weighted by Crippen LogP contribution is -2.50. The molecule has 1 unspecified atom stereocenters. The molecule has 0 aliphatic carbocycles. The first-order valence-electron chi connectivity index (χ1n) is 4.35. The zero-order valence-corrected chi connectivity index (χ0v) is 7.72. The van der Waals surface area contributed by atoms with E-state index < -0.39 is 0 Å². The van der Waals surface area contributed by atoms with Gasteiger partial charge in [-0.2, -0.15) is 0 Å². The van der Waals surface area contributed by atoms with Gasteiger partial charge in [0.1, 0.15) is 6.04 Å². The van der Waals surface area contributed by atoms with Crippen LogP contribution < -0.4 is 10.6 Å². The Morgan fingerprint density at radius 3 is 2.92 bits per heavy atom. The second-order valence-corrected chi connectivity index (χ2v) is 3.24. The van der Waals surface area contributed by atoms with Gasteiger partial charge in [-0.1, -0.05) is 6.58 Å². The molecule has 1 rings (SSSR count). The van der Waals surface area contributed by atoms with E-state index in [1.165, 1.54) is 0 Å². The van der Waals surface area contributed by atoms with Gasteiger partial charge in [0.25, 0.3) is 0 Å². The fraction of sp³-hybridized carbons (Fsp3) is 0.556. The molecule has 72 valence electrons. The minimum Gasteiger partial charge on any atom is -0.354 e. The van der Waals surface area contributed by atoms with Crippen molar-refractivity contribution in [1.29, 1.82) is 0 Å². The van der Waals surface area contributed by atoms with Crippen LogP contribution >= 0.6 is 0 Å². The molecule has 13 heavy (non-hydrogen) atoms. The van der Waals surface area contributed by atoms with E-state index in [0.29, 0.717) is 18.5 Å². The van der Waals surface area contributed by atoms with Crippen molar-refractivity contribution in [2.45, 2.75) is 25.8 Å². The first-order chi connectivity index (χ1) is 6.11. The third-order valence-corrected chi connectivity index (χ3v) is 1.98. The number of carbonyl (C=O) groups excluding carboxylic acids is 2. The van der Waals surface area contributed by atoms with Gasteiger partial charge in [0.15, 0.2) is 0 Å². The molecule has 1 aliphatic heterocycles. The summed E-state index contributed by atoms with van der Waals surface area (Å²) >= 11 is 0. The highest BCUT2D eigenvalue weighted by Gasteiger charge is 2.23. The van der Waals surface area contributed by atoms with Gasteiger partial charge < -0.3 is 10.6 Å². The fourth-order valence-electron chi connectivity index (χ4n) is 1.19. The average molecular weight is 182 g/mol. The van der Waals surface area contributed by atoms with E-state index in [4.69, 9.17) is 0 Å². The van der Waals surface area contributed by atoms with E-state index in [1.807, 2.05) is 0 Å². The number of rotatable bonds is 2. The van der Waals surface area contributed by atoms with E-state index in [0.717, 1.165) is 6.42 Å². The van der Waals surface area contributed by atoms with Gasteiger partial charge >= 0.3 is 0 Å². The molecule has 0 radical (unpaired) electrons. The number of carbonyl (C=O) groups is 2. The molecular weight excluding hydrogens is 168 g/mol. The van der Waals surface area contributed by atoms with Crippen LogP contribution in [0.4, 0.5) is 0 Å². The van der Waals surface area contributed by atoms with Gasteiger partial charge in [0, 0.05) is 12.1 Å². The van der Waals surface area contributed by atoms with Gasteiger partial charge in [-0.25, -0.2) is 0 Å². The van der Waals surface area contributed by atoms with Crippen molar-refractivity contribution in [3.8, 4) is 0 Å². The molecule has 0 aromatic rings. The predicted octanol–water partition coefficient (Wildman–Crippen LogP) is -0.0427. The first kappa shape index (κ1) is 9.77. The Morgan fingerprint density at radius 2 is 2.38 bits per heavy atom. The number of hydrogen-bond donors (Lipinski definition) is 2. The van der Waals surface area contributed by atoms with Gasteiger partial charge in [0.2, 0.25) is 11.8 Å². The molecule has 2 amide bonds. The van der Waals surface area contributed by atoms with Crippen LogP contribution in [-0.4, -0.2) is 24.4 Å². The lowest BCUT2D eigenvalue weighted by Gasteiger charge is -2.22. The highest BCUT2D eigenvalue weighted by atomic mass is 16.2. The molecule has 0 saturated carbocycles. The molecule has 2 N–H and O–H groups in total.